The number of benzene rings is 2. The van der Waals surface area contributed by atoms with Gasteiger partial charge in [0.05, 0.1) is 29.4 Å². The van der Waals surface area contributed by atoms with Gasteiger partial charge < -0.3 is 14.9 Å². The zero-order chi connectivity index (χ0) is 28.6. The fraction of sp³-hybridized carbons (Fsp3) is 0.185. The number of anilines is 2. The van der Waals surface area contributed by atoms with Crippen molar-refractivity contribution >= 4 is 21.5 Å². The van der Waals surface area contributed by atoms with Crippen LogP contribution in [-0.2, 0) is 23.1 Å². The predicted octanol–water partition coefficient (Wildman–Crippen LogP) is 4.54. The molecule has 0 spiro atoms. The second-order valence-corrected chi connectivity index (χ2v) is 11.5. The van der Waals surface area contributed by atoms with Crippen LogP contribution in [0.3, 0.4) is 0 Å². The van der Waals surface area contributed by atoms with Crippen LogP contribution in [0.4, 0.5) is 20.3 Å². The lowest BCUT2D eigenvalue weighted by molar-refractivity contribution is 0.421. The Balaban J connectivity index is 1.23. The van der Waals surface area contributed by atoms with Crippen LogP contribution in [0.2, 0.25) is 0 Å². The summed E-state index contributed by atoms with van der Waals surface area (Å²) in [7, 11) is -3.53. The minimum atomic E-state index is -3.53. The predicted molar refractivity (Wildman–Crippen MR) is 145 cm³/mol. The summed E-state index contributed by atoms with van der Waals surface area (Å²) >= 11 is 0. The van der Waals surface area contributed by atoms with Crippen molar-refractivity contribution in [1.29, 1.82) is 0 Å². The summed E-state index contributed by atoms with van der Waals surface area (Å²) in [4.78, 5) is 8.37. The third kappa shape index (κ3) is 5.72. The van der Waals surface area contributed by atoms with Crippen molar-refractivity contribution in [3.63, 3.8) is 0 Å². The van der Waals surface area contributed by atoms with Crippen LogP contribution < -0.4 is 10.0 Å². The molecule has 11 nitrogen and oxygen atoms in total. The van der Waals surface area contributed by atoms with Gasteiger partial charge in [-0.3, -0.25) is 9.40 Å². The average Bonchev–Trinajstić information content (AvgIpc) is 3.54. The Morgan fingerprint density at radius 2 is 1.88 bits per heavy atom. The lowest BCUT2D eigenvalue weighted by atomic mass is 10.2. The Morgan fingerprint density at radius 3 is 2.61 bits per heavy atom. The number of nitrogens with one attached hydrogen (secondary N) is 2. The van der Waals surface area contributed by atoms with Crippen LogP contribution in [0.5, 0.6) is 5.75 Å². The largest absolute Gasteiger partial charge is 0.506 e. The summed E-state index contributed by atoms with van der Waals surface area (Å²) < 4.78 is 62.2. The fourth-order valence-corrected chi connectivity index (χ4v) is 5.58. The summed E-state index contributed by atoms with van der Waals surface area (Å²) in [6.45, 7) is 0.167. The van der Waals surface area contributed by atoms with Gasteiger partial charge >= 0.3 is 0 Å². The number of sulfonamides is 1. The van der Waals surface area contributed by atoms with E-state index in [4.69, 9.17) is 4.52 Å². The van der Waals surface area contributed by atoms with E-state index in [1.165, 1.54) is 29.1 Å². The molecular formula is C27H23F2N7O4S. The number of rotatable bonds is 10. The van der Waals surface area contributed by atoms with E-state index < -0.39 is 21.1 Å². The normalized spacial score (nSPS) is 13.3. The number of phenolic OH excluding ortho intramolecular Hbond substituents is 1. The summed E-state index contributed by atoms with van der Waals surface area (Å²) in [6.07, 6.45) is 3.59. The van der Waals surface area contributed by atoms with Gasteiger partial charge in [0.15, 0.2) is 17.5 Å². The number of hydrogen-bond acceptors (Lipinski definition) is 9. The molecule has 6 rings (SSSR count). The molecule has 0 bridgehead atoms. The maximum absolute atomic E-state index is 14.6. The zero-order valence-electron chi connectivity index (χ0n) is 21.3. The van der Waals surface area contributed by atoms with E-state index in [0.29, 0.717) is 41.1 Å². The standard InChI is InChI=1S/C27H23F2N7O4S/c28-19-4-2-1-3-17(19)15-36-24(21-9-10-40-34-21)12-23(33-36)27-31-14-20(29)26(32-27)30-13-16-5-8-22(25(37)11-16)35-41(38,39)18-6-7-18/h1-5,8-12,14,18,35,37H,6-7,13,15H2,(H,30,31,32). The molecule has 1 aliphatic carbocycles. The molecule has 1 aliphatic rings. The number of hydrogen-bond donors (Lipinski definition) is 3. The van der Waals surface area contributed by atoms with Crippen LogP contribution in [-0.4, -0.2) is 43.7 Å². The van der Waals surface area contributed by atoms with E-state index in [1.54, 1.807) is 36.4 Å². The first kappa shape index (κ1) is 26.4. The molecular weight excluding hydrogens is 556 g/mol. The lowest BCUT2D eigenvalue weighted by Crippen LogP contribution is -2.17. The fourth-order valence-electron chi connectivity index (χ4n) is 4.17. The molecule has 210 valence electrons. The molecule has 0 amide bonds. The smallest absolute Gasteiger partial charge is 0.235 e. The zero-order valence-corrected chi connectivity index (χ0v) is 22.1. The third-order valence-electron chi connectivity index (χ3n) is 6.47. The molecule has 0 atom stereocenters. The molecule has 3 N–H and O–H groups in total. The highest BCUT2D eigenvalue weighted by atomic mass is 32.2. The van der Waals surface area contributed by atoms with Crippen LogP contribution in [0.25, 0.3) is 22.9 Å². The van der Waals surface area contributed by atoms with Crippen LogP contribution in [0.1, 0.15) is 24.0 Å². The molecule has 1 saturated carbocycles. The van der Waals surface area contributed by atoms with E-state index in [0.717, 1.165) is 6.20 Å². The molecule has 3 heterocycles. The molecule has 0 aliphatic heterocycles. The Hall–Kier alpha value is -4.85. The van der Waals surface area contributed by atoms with Gasteiger partial charge in [-0.05, 0) is 42.7 Å². The van der Waals surface area contributed by atoms with Gasteiger partial charge in [0.25, 0.3) is 0 Å². The molecule has 5 aromatic rings. The summed E-state index contributed by atoms with van der Waals surface area (Å²) in [6, 6.07) is 14.0. The number of aromatic nitrogens is 5. The summed E-state index contributed by atoms with van der Waals surface area (Å²) in [5.74, 6) is -1.36. The second kappa shape index (κ2) is 10.6. The number of phenols is 1. The van der Waals surface area contributed by atoms with Gasteiger partial charge in [-0.15, -0.1) is 0 Å². The van der Waals surface area contributed by atoms with E-state index in [2.05, 4.69) is 30.3 Å². The van der Waals surface area contributed by atoms with Gasteiger partial charge in [-0.2, -0.15) is 5.10 Å². The lowest BCUT2D eigenvalue weighted by Gasteiger charge is -2.11. The molecule has 0 unspecified atom stereocenters. The molecule has 41 heavy (non-hydrogen) atoms. The average molecular weight is 580 g/mol. The maximum atomic E-state index is 14.6. The highest BCUT2D eigenvalue weighted by Crippen LogP contribution is 2.33. The number of halogens is 2. The van der Waals surface area contributed by atoms with Crippen molar-refractivity contribution in [3.8, 4) is 28.7 Å². The highest BCUT2D eigenvalue weighted by molar-refractivity contribution is 7.93. The molecule has 1 fully saturated rings. The van der Waals surface area contributed by atoms with Crippen molar-refractivity contribution in [2.45, 2.75) is 31.2 Å². The number of aromatic hydroxyl groups is 1. The molecule has 0 saturated heterocycles. The van der Waals surface area contributed by atoms with Gasteiger partial charge in [0.1, 0.15) is 29.2 Å². The Kier molecular flexibility index (Phi) is 6.83. The van der Waals surface area contributed by atoms with Crippen LogP contribution in [0, 0.1) is 11.6 Å². The molecule has 3 aromatic heterocycles. The molecule has 2 aromatic carbocycles. The minimum Gasteiger partial charge on any atom is -0.506 e. The van der Waals surface area contributed by atoms with Crippen molar-refractivity contribution in [2.75, 3.05) is 10.0 Å². The SMILES string of the molecule is O=S(=O)(Nc1ccc(CNc2nc(-c3cc(-c4ccon4)n(Cc4ccccc4F)n3)ncc2F)cc1O)C1CC1. The van der Waals surface area contributed by atoms with Crippen LogP contribution in [0.15, 0.2) is 71.6 Å². The van der Waals surface area contributed by atoms with Gasteiger partial charge in [0.2, 0.25) is 10.0 Å². The Labute approximate surface area is 232 Å². The first-order chi connectivity index (χ1) is 19.8. The third-order valence-corrected chi connectivity index (χ3v) is 8.32. The van der Waals surface area contributed by atoms with E-state index in [9.17, 15) is 22.3 Å². The monoisotopic (exact) mass is 579 g/mol. The van der Waals surface area contributed by atoms with E-state index in [1.807, 2.05) is 0 Å². The summed E-state index contributed by atoms with van der Waals surface area (Å²) in [5.41, 5.74) is 2.32. The highest BCUT2D eigenvalue weighted by Gasteiger charge is 2.36. The first-order valence-corrected chi connectivity index (χ1v) is 14.1. The summed E-state index contributed by atoms with van der Waals surface area (Å²) in [5, 5.41) is 21.3. The second-order valence-electron chi connectivity index (χ2n) is 9.49. The van der Waals surface area contributed by atoms with E-state index >= 15 is 0 Å². The van der Waals surface area contributed by atoms with Crippen molar-refractivity contribution in [2.24, 2.45) is 0 Å². The van der Waals surface area contributed by atoms with Crippen LogP contribution >= 0.6 is 0 Å². The quantitative estimate of drug-likeness (QED) is 0.203. The number of nitrogens with zero attached hydrogens (tertiary/aromatic N) is 5. The Morgan fingerprint density at radius 1 is 1.05 bits per heavy atom. The van der Waals surface area contributed by atoms with Crippen molar-refractivity contribution in [3.05, 3.63) is 89.8 Å². The maximum Gasteiger partial charge on any atom is 0.235 e. The minimum absolute atomic E-state index is 0.0719. The first-order valence-electron chi connectivity index (χ1n) is 12.6. The Bertz CT molecular complexity index is 1820. The van der Waals surface area contributed by atoms with Gasteiger partial charge in [0, 0.05) is 18.2 Å². The van der Waals surface area contributed by atoms with E-state index in [-0.39, 0.29) is 42.0 Å². The van der Waals surface area contributed by atoms with Gasteiger partial charge in [-0.1, -0.05) is 29.4 Å². The molecule has 14 heteroatoms. The van der Waals surface area contributed by atoms with Crippen molar-refractivity contribution in [1.82, 2.24) is 24.9 Å². The topological polar surface area (TPSA) is 148 Å². The van der Waals surface area contributed by atoms with Crippen molar-refractivity contribution < 1.29 is 26.8 Å². The molecule has 0 radical (unpaired) electrons. The van der Waals surface area contributed by atoms with Gasteiger partial charge in [-0.25, -0.2) is 27.2 Å².